The predicted molar refractivity (Wildman–Crippen MR) is 94.6 cm³/mol. The van der Waals surface area contributed by atoms with Gasteiger partial charge in [0.1, 0.15) is 5.82 Å². The summed E-state index contributed by atoms with van der Waals surface area (Å²) in [6, 6.07) is 6.46. The van der Waals surface area contributed by atoms with E-state index in [0.717, 1.165) is 11.5 Å². The number of fused-ring (bicyclic) bond motifs is 1. The van der Waals surface area contributed by atoms with E-state index in [-0.39, 0.29) is 17.8 Å². The largest absolute Gasteiger partial charge is 0.327 e. The Balaban J connectivity index is 1.62. The van der Waals surface area contributed by atoms with E-state index in [4.69, 9.17) is 15.7 Å². The lowest BCUT2D eigenvalue weighted by Crippen LogP contribution is -2.41. The topological polar surface area (TPSA) is 76.8 Å². The van der Waals surface area contributed by atoms with Gasteiger partial charge in [0, 0.05) is 27.8 Å². The molecule has 4 rings (SSSR count). The van der Waals surface area contributed by atoms with Gasteiger partial charge in [-0.2, -0.15) is 4.37 Å². The number of benzene rings is 1. The molecule has 0 aliphatic carbocycles. The van der Waals surface area contributed by atoms with Gasteiger partial charge in [-0.05, 0) is 49.6 Å². The van der Waals surface area contributed by atoms with Gasteiger partial charge in [-0.15, -0.1) is 10.2 Å². The molecule has 1 aliphatic heterocycles. The minimum atomic E-state index is -2.37. The van der Waals surface area contributed by atoms with Crippen molar-refractivity contribution in [3.8, 4) is 10.8 Å². The molecule has 2 aromatic heterocycles. The zero-order chi connectivity index (χ0) is 20.1. The molecule has 9 heteroatoms. The molecule has 1 aliphatic rings. The monoisotopic (exact) mass is 377 g/mol. The van der Waals surface area contributed by atoms with Gasteiger partial charge in [-0.3, -0.25) is 4.79 Å². The second-order valence-corrected chi connectivity index (χ2v) is 6.83. The average Bonchev–Trinajstić information content (AvgIpc) is 3.29. The summed E-state index contributed by atoms with van der Waals surface area (Å²) in [5, 5.41) is 9.36. The molecule has 1 atom stereocenters. The molecule has 0 saturated heterocycles. The highest BCUT2D eigenvalue weighted by atomic mass is 35.5. The van der Waals surface area contributed by atoms with Crippen molar-refractivity contribution in [3.05, 3.63) is 46.5 Å². The van der Waals surface area contributed by atoms with Crippen molar-refractivity contribution in [2.75, 3.05) is 6.54 Å². The molecule has 0 spiro atoms. The normalized spacial score (nSPS) is 19.0. The van der Waals surface area contributed by atoms with Crippen LogP contribution < -0.4 is 0 Å². The minimum Gasteiger partial charge on any atom is -0.327 e. The Kier molecular flexibility index (Phi) is 3.21. The summed E-state index contributed by atoms with van der Waals surface area (Å²) in [6.45, 7) is 0.454. The van der Waals surface area contributed by atoms with E-state index in [2.05, 4.69) is 19.6 Å². The van der Waals surface area contributed by atoms with E-state index >= 15 is 0 Å². The maximum absolute atomic E-state index is 12.9. The van der Waals surface area contributed by atoms with Crippen LogP contribution in [0.25, 0.3) is 10.8 Å². The van der Waals surface area contributed by atoms with Crippen molar-refractivity contribution in [2.24, 2.45) is 0 Å². The van der Waals surface area contributed by atoms with Crippen molar-refractivity contribution in [1.29, 1.82) is 0 Å². The number of carbonyl (C=O) groups excluding carboxylic acids is 1. The zero-order valence-corrected chi connectivity index (χ0v) is 14.8. The van der Waals surface area contributed by atoms with Crippen LogP contribution in [0.4, 0.5) is 0 Å². The second kappa shape index (κ2) is 6.20. The Bertz CT molecular complexity index is 1030. The van der Waals surface area contributed by atoms with E-state index in [1.54, 1.807) is 29.2 Å². The molecule has 1 amide bonds. The van der Waals surface area contributed by atoms with Crippen molar-refractivity contribution < 1.29 is 8.91 Å². The average molecular weight is 378 g/mol. The first-order valence-corrected chi connectivity index (χ1v) is 8.75. The quantitative estimate of drug-likeness (QED) is 0.686. The fourth-order valence-corrected chi connectivity index (χ4v) is 3.59. The number of halogens is 1. The van der Waals surface area contributed by atoms with E-state index in [9.17, 15) is 4.79 Å². The predicted octanol–water partition coefficient (Wildman–Crippen LogP) is 2.98. The highest BCUT2D eigenvalue weighted by molar-refractivity contribution is 7.09. The Morgan fingerprint density at radius 2 is 2.12 bits per heavy atom. The van der Waals surface area contributed by atoms with E-state index in [1.165, 1.54) is 0 Å². The van der Waals surface area contributed by atoms with Crippen LogP contribution in [-0.4, -0.2) is 41.5 Å². The third kappa shape index (κ3) is 2.81. The Hall–Kier alpha value is -2.32. The van der Waals surface area contributed by atoms with E-state index < -0.39 is 6.85 Å². The van der Waals surface area contributed by atoms with Gasteiger partial charge in [0.2, 0.25) is 0 Å². The number of nitrogens with zero attached hydrogens (tertiary/aromatic N) is 6. The Morgan fingerprint density at radius 3 is 2.84 bits per heavy atom. The number of hydrogen-bond acceptors (Lipinski definition) is 6. The summed E-state index contributed by atoms with van der Waals surface area (Å²) in [4.78, 5) is 18.7. The highest BCUT2D eigenvalue weighted by Crippen LogP contribution is 2.30. The lowest BCUT2D eigenvalue weighted by Gasteiger charge is -2.33. The van der Waals surface area contributed by atoms with Gasteiger partial charge in [-0.25, -0.2) is 4.98 Å². The third-order valence-electron chi connectivity index (χ3n) is 4.15. The number of aryl methyl sites for hydroxylation is 1. The minimum absolute atomic E-state index is 0.111. The molecular formula is C16H15ClN6OS. The summed E-state index contributed by atoms with van der Waals surface area (Å²) in [6.07, 6.45) is 0. The zero-order valence-electron chi connectivity index (χ0n) is 16.2. The molecule has 3 aromatic rings. The maximum atomic E-state index is 12.9. The van der Waals surface area contributed by atoms with Gasteiger partial charge < -0.3 is 9.47 Å². The van der Waals surface area contributed by atoms with Gasteiger partial charge in [0.25, 0.3) is 5.91 Å². The number of rotatable bonds is 2. The van der Waals surface area contributed by atoms with Crippen molar-refractivity contribution in [2.45, 2.75) is 26.4 Å². The first-order chi connectivity index (χ1) is 13.3. The molecule has 3 heterocycles. The summed E-state index contributed by atoms with van der Waals surface area (Å²) >= 11 is 6.87. The summed E-state index contributed by atoms with van der Waals surface area (Å²) < 4.78 is 28.0. The van der Waals surface area contributed by atoms with Crippen LogP contribution in [0.5, 0.6) is 0 Å². The molecular weight excluding hydrogens is 360 g/mol. The summed E-state index contributed by atoms with van der Waals surface area (Å²) in [7, 11) is 0. The number of hydrogen-bond donors (Lipinski definition) is 0. The van der Waals surface area contributed by atoms with Crippen LogP contribution in [-0.2, 0) is 6.54 Å². The molecule has 0 fully saturated rings. The first kappa shape index (κ1) is 13.0. The molecule has 0 bridgehead atoms. The molecule has 0 saturated carbocycles. The molecule has 7 nitrogen and oxygen atoms in total. The molecule has 25 heavy (non-hydrogen) atoms. The van der Waals surface area contributed by atoms with Crippen LogP contribution in [0.2, 0.25) is 5.02 Å². The van der Waals surface area contributed by atoms with Gasteiger partial charge in [0.15, 0.2) is 16.7 Å². The van der Waals surface area contributed by atoms with E-state index in [0.29, 0.717) is 40.3 Å². The van der Waals surface area contributed by atoms with Crippen LogP contribution in [0.3, 0.4) is 0 Å². The number of amides is 1. The van der Waals surface area contributed by atoms with Crippen LogP contribution in [0, 0.1) is 6.85 Å². The number of carbonyl (C=O) groups is 1. The lowest BCUT2D eigenvalue weighted by atomic mass is 10.1. The van der Waals surface area contributed by atoms with Crippen molar-refractivity contribution >= 4 is 29.0 Å². The fraction of sp³-hybridized carbons (Fsp3) is 0.312. The van der Waals surface area contributed by atoms with Crippen LogP contribution in [0.1, 0.15) is 39.1 Å². The third-order valence-corrected chi connectivity index (χ3v) is 5.12. The lowest BCUT2D eigenvalue weighted by molar-refractivity contribution is 0.0638. The first-order valence-electron chi connectivity index (χ1n) is 9.10. The van der Waals surface area contributed by atoms with Crippen LogP contribution >= 0.6 is 23.1 Å². The van der Waals surface area contributed by atoms with E-state index in [1.807, 2.05) is 11.5 Å². The standard InChI is InChI=1S/C16H15ClN6OS/c1-9-13-19-20-14(15-18-10(2)21-25-15)23(13)8-7-22(9)16(24)11-3-5-12(17)6-4-11/h3-6,9H,7-8H2,1-2H3/t9-/m1/s1/i2D3. The van der Waals surface area contributed by atoms with Gasteiger partial charge in [0.05, 0.1) is 6.04 Å². The van der Waals surface area contributed by atoms with Crippen molar-refractivity contribution in [3.63, 3.8) is 0 Å². The van der Waals surface area contributed by atoms with Crippen LogP contribution in [0.15, 0.2) is 24.3 Å². The van der Waals surface area contributed by atoms with Gasteiger partial charge in [-0.1, -0.05) is 11.6 Å². The second-order valence-electron chi connectivity index (χ2n) is 5.64. The fourth-order valence-electron chi connectivity index (χ4n) is 2.89. The van der Waals surface area contributed by atoms with Gasteiger partial charge >= 0.3 is 0 Å². The summed E-state index contributed by atoms with van der Waals surface area (Å²) in [5.41, 5.74) is 0.552. The molecule has 0 unspecified atom stereocenters. The number of aromatic nitrogens is 5. The molecule has 0 N–H and O–H groups in total. The molecule has 0 radical (unpaired) electrons. The summed E-state index contributed by atoms with van der Waals surface area (Å²) in [5.74, 6) is 0.774. The smallest absolute Gasteiger partial charge is 0.254 e. The Morgan fingerprint density at radius 1 is 1.32 bits per heavy atom. The maximum Gasteiger partial charge on any atom is 0.254 e. The Labute approximate surface area is 157 Å². The molecule has 1 aromatic carbocycles. The van der Waals surface area contributed by atoms with Crippen molar-refractivity contribution in [1.82, 2.24) is 29.0 Å². The SMILES string of the molecule is [2H]C([2H])([2H])c1nsc(-c2nnc3n2CCN(C(=O)c2ccc(Cl)cc2)[C@@H]3C)n1. The highest BCUT2D eigenvalue weighted by Gasteiger charge is 2.32. The molecule has 128 valence electrons.